The molecule has 0 unspecified atom stereocenters. The molecule has 2 N–H and O–H groups in total. The van der Waals surface area contributed by atoms with Crippen LogP contribution in [0.1, 0.15) is 31.5 Å². The van der Waals surface area contributed by atoms with Crippen molar-refractivity contribution in [3.05, 3.63) is 93.4 Å². The first-order chi connectivity index (χ1) is 17.3. The Balaban J connectivity index is 0.00000320. The third kappa shape index (κ3) is 4.45. The standard InChI is InChI=1S/C29H27N3O4.ClH/c1-17(2)15-31-23(14-30)25(19-7-4-3-5-8-19)22-13-18(11-12-20(22)27(31)34)16-32-28(35)21-9-6-10-24(33)26(21)29(32)36;/h3-9,11-13,17H,10,14-16,30H2,1-2H3;1H. The van der Waals surface area contributed by atoms with Crippen molar-refractivity contribution in [2.24, 2.45) is 11.7 Å². The van der Waals surface area contributed by atoms with Crippen molar-refractivity contribution in [2.75, 3.05) is 0 Å². The number of imide groups is 1. The van der Waals surface area contributed by atoms with Crippen LogP contribution in [0.15, 0.2) is 76.6 Å². The number of ketones is 1. The summed E-state index contributed by atoms with van der Waals surface area (Å²) in [4.78, 5) is 52.8. The predicted octanol–water partition coefficient (Wildman–Crippen LogP) is 3.90. The number of allylic oxidation sites excluding steroid dienone is 1. The fourth-order valence-corrected chi connectivity index (χ4v) is 5.07. The van der Waals surface area contributed by atoms with E-state index in [-0.39, 0.29) is 60.3 Å². The topological polar surface area (TPSA) is 102 Å². The largest absolute Gasteiger partial charge is 0.325 e. The minimum atomic E-state index is -0.567. The van der Waals surface area contributed by atoms with Crippen LogP contribution >= 0.6 is 12.4 Å². The second kappa shape index (κ2) is 10.3. The predicted molar refractivity (Wildman–Crippen MR) is 145 cm³/mol. The lowest BCUT2D eigenvalue weighted by Gasteiger charge is -2.21. The molecule has 2 aromatic carbocycles. The number of benzene rings is 2. The molecular formula is C29H28ClN3O4. The van der Waals surface area contributed by atoms with Gasteiger partial charge < -0.3 is 10.3 Å². The van der Waals surface area contributed by atoms with Gasteiger partial charge in [0.05, 0.1) is 17.7 Å². The molecule has 2 amide bonds. The molecule has 2 heterocycles. The number of pyridine rings is 1. The van der Waals surface area contributed by atoms with Crippen LogP contribution in [0.5, 0.6) is 0 Å². The van der Waals surface area contributed by atoms with Gasteiger partial charge in [0.1, 0.15) is 0 Å². The second-order valence-electron chi connectivity index (χ2n) is 9.60. The van der Waals surface area contributed by atoms with E-state index in [2.05, 4.69) is 13.8 Å². The molecule has 0 atom stereocenters. The zero-order valence-corrected chi connectivity index (χ0v) is 21.5. The first-order valence-corrected chi connectivity index (χ1v) is 12.1. The maximum atomic E-state index is 13.5. The Morgan fingerprint density at radius 1 is 0.946 bits per heavy atom. The number of hydrogen-bond acceptors (Lipinski definition) is 5. The summed E-state index contributed by atoms with van der Waals surface area (Å²) in [6.45, 7) is 4.84. The zero-order valence-electron chi connectivity index (χ0n) is 20.7. The number of aromatic nitrogens is 1. The van der Waals surface area contributed by atoms with E-state index in [1.54, 1.807) is 28.9 Å². The van der Waals surface area contributed by atoms with E-state index in [9.17, 15) is 19.2 Å². The van der Waals surface area contributed by atoms with E-state index in [0.29, 0.717) is 17.5 Å². The van der Waals surface area contributed by atoms with Gasteiger partial charge >= 0.3 is 0 Å². The van der Waals surface area contributed by atoms with Crippen LogP contribution in [-0.2, 0) is 34.0 Å². The summed E-state index contributed by atoms with van der Waals surface area (Å²) in [7, 11) is 0. The summed E-state index contributed by atoms with van der Waals surface area (Å²) < 4.78 is 1.76. The number of fused-ring (bicyclic) bond motifs is 1. The van der Waals surface area contributed by atoms with Gasteiger partial charge in [-0.2, -0.15) is 0 Å². The first kappa shape index (κ1) is 26.3. The molecule has 8 heteroatoms. The van der Waals surface area contributed by atoms with Crippen molar-refractivity contribution >= 4 is 40.8 Å². The molecule has 0 bridgehead atoms. The molecule has 1 aliphatic carbocycles. The number of rotatable bonds is 6. The van der Waals surface area contributed by atoms with Crippen molar-refractivity contribution in [1.29, 1.82) is 0 Å². The lowest BCUT2D eigenvalue weighted by molar-refractivity contribution is -0.138. The molecule has 5 rings (SSSR count). The molecule has 7 nitrogen and oxygen atoms in total. The molecule has 0 saturated heterocycles. The van der Waals surface area contributed by atoms with Crippen molar-refractivity contribution < 1.29 is 14.4 Å². The molecule has 1 aromatic heterocycles. The van der Waals surface area contributed by atoms with Crippen molar-refractivity contribution in [1.82, 2.24) is 9.47 Å². The monoisotopic (exact) mass is 517 g/mol. The number of carbonyl (C=O) groups is 3. The Labute approximate surface area is 220 Å². The number of carbonyl (C=O) groups excluding carboxylic acids is 3. The highest BCUT2D eigenvalue weighted by atomic mass is 35.5. The molecule has 2 aliphatic rings. The Hall–Kier alpha value is -3.81. The Morgan fingerprint density at radius 3 is 2.32 bits per heavy atom. The molecule has 190 valence electrons. The quantitative estimate of drug-likeness (QED) is 0.394. The van der Waals surface area contributed by atoms with E-state index in [0.717, 1.165) is 27.1 Å². The van der Waals surface area contributed by atoms with Crippen LogP contribution in [0.4, 0.5) is 0 Å². The van der Waals surface area contributed by atoms with Crippen LogP contribution in [0.2, 0.25) is 0 Å². The summed E-state index contributed by atoms with van der Waals surface area (Å²) in [5.74, 6) is -1.13. The van der Waals surface area contributed by atoms with Gasteiger partial charge in [-0.25, -0.2) is 0 Å². The van der Waals surface area contributed by atoms with Gasteiger partial charge in [0.2, 0.25) is 0 Å². The summed E-state index contributed by atoms with van der Waals surface area (Å²) >= 11 is 0. The molecule has 0 saturated carbocycles. The van der Waals surface area contributed by atoms with Gasteiger partial charge in [-0.15, -0.1) is 12.4 Å². The second-order valence-corrected chi connectivity index (χ2v) is 9.60. The van der Waals surface area contributed by atoms with E-state index in [1.807, 2.05) is 36.4 Å². The molecule has 3 aromatic rings. The van der Waals surface area contributed by atoms with E-state index in [1.165, 1.54) is 0 Å². The van der Waals surface area contributed by atoms with E-state index >= 15 is 0 Å². The maximum Gasteiger partial charge on any atom is 0.265 e. The highest BCUT2D eigenvalue weighted by Gasteiger charge is 2.41. The number of nitrogens with zero attached hydrogens (tertiary/aromatic N) is 2. The molecule has 0 fully saturated rings. The minimum Gasteiger partial charge on any atom is -0.325 e. The third-order valence-corrected chi connectivity index (χ3v) is 6.66. The van der Waals surface area contributed by atoms with Gasteiger partial charge in [-0.05, 0) is 34.6 Å². The van der Waals surface area contributed by atoms with Crippen LogP contribution in [-0.4, -0.2) is 27.1 Å². The van der Waals surface area contributed by atoms with E-state index in [4.69, 9.17) is 5.73 Å². The van der Waals surface area contributed by atoms with Crippen molar-refractivity contribution in [2.45, 2.75) is 39.9 Å². The number of Topliss-reactive ketones (excluding diaryl/α,β-unsaturated/α-hetero) is 1. The lowest BCUT2D eigenvalue weighted by Crippen LogP contribution is -2.32. The van der Waals surface area contributed by atoms with Gasteiger partial charge in [0, 0.05) is 36.2 Å². The van der Waals surface area contributed by atoms with Crippen LogP contribution in [0.3, 0.4) is 0 Å². The molecule has 37 heavy (non-hydrogen) atoms. The van der Waals surface area contributed by atoms with Crippen molar-refractivity contribution in [3.8, 4) is 11.1 Å². The highest BCUT2D eigenvalue weighted by molar-refractivity contribution is 6.33. The average molecular weight is 518 g/mol. The van der Waals surface area contributed by atoms with Gasteiger partial charge in [0.25, 0.3) is 17.4 Å². The van der Waals surface area contributed by atoms with Crippen LogP contribution in [0.25, 0.3) is 21.9 Å². The first-order valence-electron chi connectivity index (χ1n) is 12.1. The van der Waals surface area contributed by atoms with E-state index < -0.39 is 11.8 Å². The average Bonchev–Trinajstić information content (AvgIpc) is 3.11. The summed E-state index contributed by atoms with van der Waals surface area (Å²) in [6.07, 6.45) is 3.27. The van der Waals surface area contributed by atoms with Crippen LogP contribution < -0.4 is 11.3 Å². The molecule has 1 aliphatic heterocycles. The number of hydrogen-bond donors (Lipinski definition) is 1. The van der Waals surface area contributed by atoms with Gasteiger partial charge in [-0.3, -0.25) is 24.1 Å². The molecular weight excluding hydrogens is 490 g/mol. The number of amides is 2. The van der Waals surface area contributed by atoms with Crippen molar-refractivity contribution in [3.63, 3.8) is 0 Å². The summed E-state index contributed by atoms with van der Waals surface area (Å²) in [5, 5.41) is 1.27. The normalized spacial score (nSPS) is 15.1. The SMILES string of the molecule is CC(C)Cn1c(CN)c(-c2ccccc2)c2cc(CN3C(=O)C4=C(C(=O)CC=C4)C3=O)ccc2c1=O.Cl. The minimum absolute atomic E-state index is 0. The number of nitrogens with two attached hydrogens (primary N) is 1. The molecule has 0 radical (unpaired) electrons. The Morgan fingerprint density at radius 2 is 1.68 bits per heavy atom. The summed E-state index contributed by atoms with van der Waals surface area (Å²) in [5.41, 5.74) is 9.43. The zero-order chi connectivity index (χ0) is 25.6. The smallest absolute Gasteiger partial charge is 0.265 e. The van der Waals surface area contributed by atoms with Gasteiger partial charge in [0.15, 0.2) is 5.78 Å². The Bertz CT molecular complexity index is 1550. The lowest BCUT2D eigenvalue weighted by atomic mass is 9.95. The Kier molecular flexibility index (Phi) is 7.30. The van der Waals surface area contributed by atoms with Gasteiger partial charge in [-0.1, -0.05) is 62.4 Å². The maximum absolute atomic E-state index is 13.5. The van der Waals surface area contributed by atoms with Crippen LogP contribution in [0, 0.1) is 5.92 Å². The third-order valence-electron chi connectivity index (χ3n) is 6.66. The number of halogens is 1. The molecule has 0 spiro atoms. The fourth-order valence-electron chi connectivity index (χ4n) is 5.07. The highest BCUT2D eigenvalue weighted by Crippen LogP contribution is 2.33. The fraction of sp³-hybridized carbons (Fsp3) is 0.241. The summed E-state index contributed by atoms with van der Waals surface area (Å²) in [6, 6.07) is 15.1.